The number of benzene rings is 2. The third kappa shape index (κ3) is 2.36. The molecule has 96 valence electrons. The van der Waals surface area contributed by atoms with Crippen LogP contribution in [0.4, 0.5) is 17.6 Å². The van der Waals surface area contributed by atoms with E-state index in [0.29, 0.717) is 3.57 Å². The van der Waals surface area contributed by atoms with Gasteiger partial charge >= 0.3 is 112 Å². The van der Waals surface area contributed by atoms with Crippen molar-refractivity contribution in [2.24, 2.45) is 0 Å². The fourth-order valence-corrected chi connectivity index (χ4v) is 2.81. The molecule has 0 bridgehead atoms. The summed E-state index contributed by atoms with van der Waals surface area (Å²) in [6.45, 7) is 0. The van der Waals surface area contributed by atoms with Crippen LogP contribution in [0.3, 0.4) is 0 Å². The molecule has 0 aliphatic heterocycles. The predicted octanol–water partition coefficient (Wildman–Crippen LogP) is 0.798. The average Bonchev–Trinajstić information content (AvgIpc) is 2.36. The molecule has 0 aliphatic rings. The van der Waals surface area contributed by atoms with Gasteiger partial charge in [-0.1, -0.05) is 0 Å². The average molecular weight is 367 g/mol. The van der Waals surface area contributed by atoms with Crippen LogP contribution < -0.4 is 21.2 Å². The maximum atomic E-state index is 13.8. The molecular formula is C13H8F4I-. The molecule has 0 aliphatic carbocycles. The van der Waals surface area contributed by atoms with Crippen molar-refractivity contribution in [3.05, 3.63) is 57.2 Å². The summed E-state index contributed by atoms with van der Waals surface area (Å²) >= 11 is -0.573. The number of hydrogen-bond donors (Lipinski definition) is 0. The second kappa shape index (κ2) is 5.26. The van der Waals surface area contributed by atoms with E-state index in [2.05, 4.69) is 0 Å². The molecular weight excluding hydrogens is 359 g/mol. The molecule has 2 rings (SSSR count). The summed E-state index contributed by atoms with van der Waals surface area (Å²) in [6.07, 6.45) is 0. The van der Waals surface area contributed by atoms with Gasteiger partial charge in [0.05, 0.1) is 0 Å². The Bertz CT molecular complexity index is 596. The van der Waals surface area contributed by atoms with Crippen LogP contribution in [0, 0.1) is 26.8 Å². The summed E-state index contributed by atoms with van der Waals surface area (Å²) in [5.41, 5.74) is 0.0544. The Morgan fingerprint density at radius 2 is 1.56 bits per heavy atom. The van der Waals surface area contributed by atoms with Crippen LogP contribution in [0.25, 0.3) is 11.1 Å². The molecule has 0 unspecified atom stereocenters. The molecule has 0 radical (unpaired) electrons. The Hall–Kier alpha value is -1.11. The van der Waals surface area contributed by atoms with E-state index < -0.39 is 44.5 Å². The molecule has 2 aromatic rings. The third-order valence-corrected chi connectivity index (χ3v) is 4.46. The minimum atomic E-state index is -1.08. The van der Waals surface area contributed by atoms with Crippen molar-refractivity contribution in [2.75, 3.05) is 4.93 Å². The van der Waals surface area contributed by atoms with Crippen molar-refractivity contribution in [1.82, 2.24) is 0 Å². The van der Waals surface area contributed by atoms with Gasteiger partial charge < -0.3 is 0 Å². The summed E-state index contributed by atoms with van der Waals surface area (Å²) in [5, 5.41) is 0. The van der Waals surface area contributed by atoms with Crippen LogP contribution >= 0.6 is 0 Å². The van der Waals surface area contributed by atoms with Crippen molar-refractivity contribution in [2.45, 2.75) is 0 Å². The number of hydrogen-bond acceptors (Lipinski definition) is 0. The van der Waals surface area contributed by atoms with Gasteiger partial charge in [-0.2, -0.15) is 0 Å². The number of halogens is 5. The van der Waals surface area contributed by atoms with Gasteiger partial charge in [0, 0.05) is 0 Å². The molecule has 0 saturated heterocycles. The Kier molecular flexibility index (Phi) is 3.89. The molecule has 0 saturated carbocycles. The zero-order chi connectivity index (χ0) is 13.3. The summed E-state index contributed by atoms with van der Waals surface area (Å²) in [7, 11) is 0. The number of rotatable bonds is 2. The third-order valence-electron chi connectivity index (χ3n) is 2.47. The maximum absolute atomic E-state index is 13.8. The predicted molar refractivity (Wildman–Crippen MR) is 56.3 cm³/mol. The first-order valence-corrected chi connectivity index (χ1v) is 8.21. The first kappa shape index (κ1) is 13.3. The molecule has 0 fully saturated rings. The Morgan fingerprint density at radius 3 is 2.17 bits per heavy atom. The van der Waals surface area contributed by atoms with Gasteiger partial charge in [0.2, 0.25) is 0 Å². The molecule has 18 heavy (non-hydrogen) atoms. The van der Waals surface area contributed by atoms with Crippen LogP contribution in [0.5, 0.6) is 0 Å². The van der Waals surface area contributed by atoms with Gasteiger partial charge in [0.25, 0.3) is 0 Å². The summed E-state index contributed by atoms with van der Waals surface area (Å²) < 4.78 is 53.6. The molecule has 2 aromatic carbocycles. The topological polar surface area (TPSA) is 0 Å². The van der Waals surface area contributed by atoms with Gasteiger partial charge in [-0.15, -0.1) is 0 Å². The second-order valence-corrected chi connectivity index (χ2v) is 5.78. The fourth-order valence-electron chi connectivity index (χ4n) is 1.56. The summed E-state index contributed by atoms with van der Waals surface area (Å²) in [5.74, 6) is -4.01. The molecule has 0 heterocycles. The molecule has 0 aromatic heterocycles. The first-order valence-electron chi connectivity index (χ1n) is 4.97. The van der Waals surface area contributed by atoms with Gasteiger partial charge in [0.15, 0.2) is 0 Å². The Balaban J connectivity index is 2.57. The van der Waals surface area contributed by atoms with Crippen molar-refractivity contribution in [3.8, 4) is 11.1 Å². The molecule has 0 N–H and O–H groups in total. The van der Waals surface area contributed by atoms with Crippen LogP contribution in [0.2, 0.25) is 0 Å². The summed E-state index contributed by atoms with van der Waals surface area (Å²) in [6, 6.07) is 5.85. The first-order chi connectivity index (χ1) is 8.54. The van der Waals surface area contributed by atoms with Crippen molar-refractivity contribution < 1.29 is 38.8 Å². The SMILES string of the molecule is C[I-]c1ccc(-c2ccc(F)c(F)c2)c(F)c1F. The quantitative estimate of drug-likeness (QED) is 0.319. The van der Waals surface area contributed by atoms with E-state index in [1.807, 2.05) is 4.93 Å². The van der Waals surface area contributed by atoms with Gasteiger partial charge in [-0.25, -0.2) is 0 Å². The van der Waals surface area contributed by atoms with E-state index >= 15 is 0 Å². The zero-order valence-corrected chi connectivity index (χ0v) is 11.4. The molecule has 5 heteroatoms. The molecule has 0 nitrogen and oxygen atoms in total. The Labute approximate surface area is 112 Å². The standard InChI is InChI=1S/C13H8F4I/c1-18-11-5-3-8(12(16)13(11)17)7-2-4-9(14)10(15)6-7/h2-6H,1H3/q-1. The van der Waals surface area contributed by atoms with E-state index in [1.165, 1.54) is 18.2 Å². The molecule has 0 atom stereocenters. The van der Waals surface area contributed by atoms with Gasteiger partial charge in [-0.05, 0) is 0 Å². The van der Waals surface area contributed by atoms with E-state index in [1.54, 1.807) is 0 Å². The zero-order valence-electron chi connectivity index (χ0n) is 9.28. The second-order valence-electron chi connectivity index (χ2n) is 3.54. The fraction of sp³-hybridized carbons (Fsp3) is 0.0769. The van der Waals surface area contributed by atoms with E-state index in [-0.39, 0.29) is 11.1 Å². The van der Waals surface area contributed by atoms with E-state index in [0.717, 1.165) is 12.1 Å². The van der Waals surface area contributed by atoms with E-state index in [4.69, 9.17) is 0 Å². The van der Waals surface area contributed by atoms with E-state index in [9.17, 15) is 17.6 Å². The van der Waals surface area contributed by atoms with Crippen LogP contribution in [0.15, 0.2) is 30.3 Å². The number of alkyl halides is 1. The van der Waals surface area contributed by atoms with Crippen LogP contribution in [-0.2, 0) is 0 Å². The minimum absolute atomic E-state index is 0.0624. The Morgan fingerprint density at radius 1 is 0.833 bits per heavy atom. The van der Waals surface area contributed by atoms with Crippen molar-refractivity contribution in [1.29, 1.82) is 0 Å². The van der Waals surface area contributed by atoms with Crippen LogP contribution in [-0.4, -0.2) is 4.93 Å². The summed E-state index contributed by atoms with van der Waals surface area (Å²) in [4.78, 5) is 1.81. The van der Waals surface area contributed by atoms with Crippen molar-refractivity contribution >= 4 is 0 Å². The van der Waals surface area contributed by atoms with Crippen LogP contribution in [0.1, 0.15) is 0 Å². The monoisotopic (exact) mass is 367 g/mol. The molecule has 0 spiro atoms. The van der Waals surface area contributed by atoms with Gasteiger partial charge in [-0.3, -0.25) is 0 Å². The molecule has 0 amide bonds. The van der Waals surface area contributed by atoms with Crippen molar-refractivity contribution in [3.63, 3.8) is 0 Å². The normalized spacial score (nSPS) is 10.9. The van der Waals surface area contributed by atoms with Gasteiger partial charge in [0.1, 0.15) is 0 Å².